The molecule has 0 saturated heterocycles. The van der Waals surface area contributed by atoms with E-state index in [0.717, 1.165) is 0 Å². The SMILES string of the molecule is COO.COO.COO.O=C(O)O.O=C(O)O. The van der Waals surface area contributed by atoms with Gasteiger partial charge in [0.2, 0.25) is 0 Å². The van der Waals surface area contributed by atoms with Crippen LogP contribution in [0.1, 0.15) is 0 Å². The molecule has 0 spiro atoms. The molecule has 0 unspecified atom stereocenters. The predicted octanol–water partition coefficient (Wildman–Crippen LogP) is 0.762. The summed E-state index contributed by atoms with van der Waals surface area (Å²) in [6.45, 7) is 0. The van der Waals surface area contributed by atoms with Crippen LogP contribution in [0.3, 0.4) is 0 Å². The Labute approximate surface area is 95.2 Å². The van der Waals surface area contributed by atoms with Gasteiger partial charge in [-0.1, -0.05) is 0 Å². The Hall–Kier alpha value is -1.70. The summed E-state index contributed by atoms with van der Waals surface area (Å²) in [5, 5.41) is 49.1. The average molecular weight is 268 g/mol. The van der Waals surface area contributed by atoms with Gasteiger partial charge in [0.25, 0.3) is 0 Å². The molecule has 12 heteroatoms. The summed E-state index contributed by atoms with van der Waals surface area (Å²) in [4.78, 5) is 26.9. The summed E-state index contributed by atoms with van der Waals surface area (Å²) in [6.07, 6.45) is -3.67. The molecule has 17 heavy (non-hydrogen) atoms. The molecule has 12 nitrogen and oxygen atoms in total. The zero-order valence-electron chi connectivity index (χ0n) is 9.17. The summed E-state index contributed by atoms with van der Waals surface area (Å²) in [7, 11) is 3.54. The van der Waals surface area contributed by atoms with Crippen molar-refractivity contribution in [1.82, 2.24) is 0 Å². The van der Waals surface area contributed by atoms with Gasteiger partial charge in [0.1, 0.15) is 0 Å². The van der Waals surface area contributed by atoms with Gasteiger partial charge in [-0.2, -0.15) is 0 Å². The van der Waals surface area contributed by atoms with Gasteiger partial charge >= 0.3 is 12.3 Å². The lowest BCUT2D eigenvalue weighted by molar-refractivity contribution is -0.215. The molecule has 7 N–H and O–H groups in total. The molecule has 0 rings (SSSR count). The maximum atomic E-state index is 8.56. The number of carbonyl (C=O) groups is 2. The van der Waals surface area contributed by atoms with Crippen molar-refractivity contribution in [3.63, 3.8) is 0 Å². The monoisotopic (exact) mass is 268 g/mol. The summed E-state index contributed by atoms with van der Waals surface area (Å²) < 4.78 is 0. The average Bonchev–Trinajstić information content (AvgIpc) is 2.03. The third kappa shape index (κ3) is 749. The molecule has 0 aliphatic rings. The van der Waals surface area contributed by atoms with Gasteiger partial charge in [0.05, 0.1) is 21.3 Å². The lowest BCUT2D eigenvalue weighted by Gasteiger charge is -1.60. The van der Waals surface area contributed by atoms with Gasteiger partial charge in [-0.05, 0) is 0 Å². The largest absolute Gasteiger partial charge is 0.503 e. The summed E-state index contributed by atoms with van der Waals surface area (Å²) in [5.74, 6) is 0. The number of hydrogen-bond acceptors (Lipinski definition) is 8. The van der Waals surface area contributed by atoms with Crippen LogP contribution in [0.5, 0.6) is 0 Å². The van der Waals surface area contributed by atoms with Crippen LogP contribution < -0.4 is 0 Å². The molecule has 0 fully saturated rings. The summed E-state index contributed by atoms with van der Waals surface area (Å²) in [5.41, 5.74) is 0. The molecule has 0 bridgehead atoms. The molecule has 0 amide bonds. The molecule has 0 aliphatic carbocycles. The fourth-order valence-corrected chi connectivity index (χ4v) is 0. The number of hydrogen-bond donors (Lipinski definition) is 7. The Morgan fingerprint density at radius 1 is 0.647 bits per heavy atom. The summed E-state index contributed by atoms with van der Waals surface area (Å²) in [6, 6.07) is 0. The van der Waals surface area contributed by atoms with Gasteiger partial charge in [0, 0.05) is 0 Å². The lowest BCUT2D eigenvalue weighted by atomic mass is 11.5. The zero-order valence-corrected chi connectivity index (χ0v) is 9.17. The zero-order chi connectivity index (χ0) is 15.3. The van der Waals surface area contributed by atoms with Gasteiger partial charge in [-0.3, -0.25) is 15.8 Å². The van der Waals surface area contributed by atoms with E-state index in [9.17, 15) is 0 Å². The molecule has 0 atom stereocenters. The molecule has 108 valence electrons. The van der Waals surface area contributed by atoms with Crippen molar-refractivity contribution in [3.05, 3.63) is 0 Å². The molecule has 0 heterocycles. The molecule has 0 saturated carbocycles. The predicted molar refractivity (Wildman–Crippen MR) is 50.2 cm³/mol. The fourth-order valence-electron chi connectivity index (χ4n) is 0. The van der Waals surface area contributed by atoms with Crippen molar-refractivity contribution in [2.75, 3.05) is 21.3 Å². The van der Waals surface area contributed by atoms with Crippen molar-refractivity contribution in [1.29, 1.82) is 0 Å². The Morgan fingerprint density at radius 3 is 0.647 bits per heavy atom. The topological polar surface area (TPSA) is 203 Å². The van der Waals surface area contributed by atoms with Crippen LogP contribution in [-0.2, 0) is 14.7 Å². The Morgan fingerprint density at radius 2 is 0.647 bits per heavy atom. The first-order valence-electron chi connectivity index (χ1n) is 3.08. The maximum Gasteiger partial charge on any atom is 0.503 e. The van der Waals surface area contributed by atoms with E-state index in [0.29, 0.717) is 0 Å². The minimum atomic E-state index is -1.83. The Kier molecular flexibility index (Phi) is 82.3. The Bertz CT molecular complexity index is 99.3. The standard InChI is InChI=1S/2CH2O3.3CH4O2/c2*2-1(3)4;3*1-3-2/h2*(H2,2,3,4);3*2H,1H3. The molecule has 0 aromatic carbocycles. The molecular formula is C5H16O12. The van der Waals surface area contributed by atoms with E-state index in [1.165, 1.54) is 21.3 Å². The van der Waals surface area contributed by atoms with Crippen LogP contribution in [0.25, 0.3) is 0 Å². The van der Waals surface area contributed by atoms with Crippen LogP contribution in [0.2, 0.25) is 0 Å². The van der Waals surface area contributed by atoms with Crippen molar-refractivity contribution in [2.24, 2.45) is 0 Å². The molecular weight excluding hydrogens is 252 g/mol. The second-order valence-electron chi connectivity index (χ2n) is 1.11. The summed E-state index contributed by atoms with van der Waals surface area (Å²) >= 11 is 0. The highest BCUT2D eigenvalue weighted by Crippen LogP contribution is 1.43. The smallest absolute Gasteiger partial charge is 0.450 e. The van der Waals surface area contributed by atoms with E-state index >= 15 is 0 Å². The van der Waals surface area contributed by atoms with Crippen LogP contribution in [0, 0.1) is 0 Å². The quantitative estimate of drug-likeness (QED) is 0.240. The highest BCUT2D eigenvalue weighted by atomic mass is 17.1. The van der Waals surface area contributed by atoms with E-state index in [1.807, 2.05) is 0 Å². The molecule has 0 radical (unpaired) electrons. The highest BCUT2D eigenvalue weighted by Gasteiger charge is 1.70. The van der Waals surface area contributed by atoms with Crippen LogP contribution in [0.4, 0.5) is 9.59 Å². The third-order valence-electron chi connectivity index (χ3n) is 0. The van der Waals surface area contributed by atoms with E-state index in [-0.39, 0.29) is 0 Å². The van der Waals surface area contributed by atoms with Crippen LogP contribution in [0.15, 0.2) is 0 Å². The number of carboxylic acid groups (broad SMARTS) is 4. The van der Waals surface area contributed by atoms with Crippen molar-refractivity contribution in [3.8, 4) is 0 Å². The van der Waals surface area contributed by atoms with Crippen LogP contribution >= 0.6 is 0 Å². The number of rotatable bonds is 0. The third-order valence-corrected chi connectivity index (χ3v) is 0. The second-order valence-corrected chi connectivity index (χ2v) is 1.11. The van der Waals surface area contributed by atoms with E-state index < -0.39 is 12.3 Å². The molecule has 0 aromatic heterocycles. The normalized spacial score (nSPS) is 6.00. The molecule has 0 aromatic rings. The van der Waals surface area contributed by atoms with Crippen LogP contribution in [-0.4, -0.2) is 69.8 Å². The van der Waals surface area contributed by atoms with E-state index in [1.54, 1.807) is 0 Å². The first-order chi connectivity index (χ1) is 7.71. The minimum Gasteiger partial charge on any atom is -0.450 e. The maximum absolute atomic E-state index is 8.56. The first-order valence-corrected chi connectivity index (χ1v) is 3.08. The van der Waals surface area contributed by atoms with Crippen molar-refractivity contribution in [2.45, 2.75) is 0 Å². The van der Waals surface area contributed by atoms with E-state index in [2.05, 4.69) is 14.7 Å². The van der Waals surface area contributed by atoms with Gasteiger partial charge < -0.3 is 20.4 Å². The lowest BCUT2D eigenvalue weighted by Crippen LogP contribution is -1.81. The Balaban J connectivity index is -0.0000000356. The molecule has 0 aliphatic heterocycles. The van der Waals surface area contributed by atoms with Gasteiger partial charge in [-0.25, -0.2) is 24.3 Å². The van der Waals surface area contributed by atoms with E-state index in [4.69, 9.17) is 45.8 Å². The highest BCUT2D eigenvalue weighted by molar-refractivity contribution is 5.53. The van der Waals surface area contributed by atoms with Crippen molar-refractivity contribution >= 4 is 12.3 Å². The van der Waals surface area contributed by atoms with Gasteiger partial charge in [0.15, 0.2) is 0 Å². The van der Waals surface area contributed by atoms with Crippen molar-refractivity contribution < 1.29 is 60.4 Å². The van der Waals surface area contributed by atoms with Gasteiger partial charge in [-0.15, -0.1) is 0 Å². The fraction of sp³-hybridized carbons (Fsp3) is 0.600. The second kappa shape index (κ2) is 47.5. The first kappa shape index (κ1) is 29.5. The minimum absolute atomic E-state index is 1.18.